The molecule has 0 spiro atoms. The molecule has 2 rings (SSSR count). The zero-order chi connectivity index (χ0) is 19.1. The summed E-state index contributed by atoms with van der Waals surface area (Å²) in [5.41, 5.74) is 2.46. The van der Waals surface area contributed by atoms with Crippen molar-refractivity contribution in [3.63, 3.8) is 0 Å². The molecular weight excluding hydrogens is 366 g/mol. The Morgan fingerprint density at radius 3 is 2.59 bits per heavy atom. The van der Waals surface area contributed by atoms with Crippen molar-refractivity contribution in [3.8, 4) is 0 Å². The maximum Gasteiger partial charge on any atom is 0.242 e. The summed E-state index contributed by atoms with van der Waals surface area (Å²) in [6.45, 7) is 4.26. The number of nitrogens with zero attached hydrogens (tertiary/aromatic N) is 2. The normalized spacial score (nSPS) is 12.6. The molecule has 148 valence electrons. The number of hydrogen-bond acceptors (Lipinski definition) is 4. The molecule has 0 saturated heterocycles. The number of halogens is 1. The van der Waals surface area contributed by atoms with Gasteiger partial charge in [-0.2, -0.15) is 5.10 Å². The second-order valence-electron chi connectivity index (χ2n) is 6.39. The highest BCUT2D eigenvalue weighted by Gasteiger charge is 2.19. The summed E-state index contributed by atoms with van der Waals surface area (Å²) in [5.74, 6) is -0.163. The molecule has 3 N–H and O–H groups in total. The highest BCUT2D eigenvalue weighted by molar-refractivity contribution is 5.92. The summed E-state index contributed by atoms with van der Waals surface area (Å²) in [4.78, 5) is 24.5. The van der Waals surface area contributed by atoms with E-state index in [1.807, 2.05) is 51.4 Å². The number of amides is 2. The number of benzene rings is 1. The molecule has 1 aromatic carbocycles. The van der Waals surface area contributed by atoms with Crippen molar-refractivity contribution in [2.45, 2.75) is 32.9 Å². The first-order chi connectivity index (χ1) is 12.4. The number of carbonyl (C=O) groups excluding carboxylic acids is 2. The number of nitrogens with one attached hydrogen (secondary N) is 3. The molecule has 0 fully saturated rings. The van der Waals surface area contributed by atoms with Crippen LogP contribution in [0.15, 0.2) is 36.7 Å². The van der Waals surface area contributed by atoms with Crippen LogP contribution in [-0.2, 0) is 23.2 Å². The highest BCUT2D eigenvalue weighted by atomic mass is 35.5. The minimum atomic E-state index is -0.461. The second kappa shape index (κ2) is 10.7. The van der Waals surface area contributed by atoms with E-state index in [0.29, 0.717) is 6.54 Å². The highest BCUT2D eigenvalue weighted by Crippen LogP contribution is 2.14. The van der Waals surface area contributed by atoms with Crippen molar-refractivity contribution in [1.82, 2.24) is 20.4 Å². The topological polar surface area (TPSA) is 88.1 Å². The molecule has 0 radical (unpaired) electrons. The minimum Gasteiger partial charge on any atom is -0.350 e. The van der Waals surface area contributed by atoms with Crippen LogP contribution >= 0.6 is 12.4 Å². The van der Waals surface area contributed by atoms with Gasteiger partial charge in [0.1, 0.15) is 6.04 Å². The van der Waals surface area contributed by atoms with Crippen LogP contribution < -0.4 is 16.0 Å². The molecule has 1 heterocycles. The standard InChI is InChI=1S/C19H27N5O2.ClH/c1-5-13(2)18(25)23-16-8-6-7-14(9-16)10-21-19(26)17(20-3)15-11-22-24(4)12-15;/h6-9,11-13,17,20H,5,10H2,1-4H3,(H,21,26)(H,23,25);1H. The van der Waals surface area contributed by atoms with E-state index in [0.717, 1.165) is 23.2 Å². The number of aryl methyl sites for hydroxylation is 1. The molecule has 27 heavy (non-hydrogen) atoms. The van der Waals surface area contributed by atoms with E-state index in [2.05, 4.69) is 21.0 Å². The first-order valence-electron chi connectivity index (χ1n) is 8.78. The van der Waals surface area contributed by atoms with E-state index in [9.17, 15) is 9.59 Å². The fraction of sp³-hybridized carbons (Fsp3) is 0.421. The molecule has 2 unspecified atom stereocenters. The van der Waals surface area contributed by atoms with Crippen LogP contribution in [-0.4, -0.2) is 28.6 Å². The molecule has 0 aliphatic carbocycles. The minimum absolute atomic E-state index is 0. The fourth-order valence-corrected chi connectivity index (χ4v) is 2.54. The molecule has 1 aromatic heterocycles. The van der Waals surface area contributed by atoms with Gasteiger partial charge in [0.2, 0.25) is 11.8 Å². The third-order valence-electron chi connectivity index (χ3n) is 4.33. The van der Waals surface area contributed by atoms with Gasteiger partial charge in [-0.3, -0.25) is 14.3 Å². The average molecular weight is 394 g/mol. The number of hydrogen-bond donors (Lipinski definition) is 3. The quantitative estimate of drug-likeness (QED) is 0.642. The lowest BCUT2D eigenvalue weighted by Gasteiger charge is -2.15. The van der Waals surface area contributed by atoms with Crippen molar-refractivity contribution in [2.24, 2.45) is 13.0 Å². The van der Waals surface area contributed by atoms with E-state index < -0.39 is 6.04 Å². The van der Waals surface area contributed by atoms with Gasteiger partial charge in [-0.05, 0) is 31.2 Å². The molecule has 0 aliphatic rings. The summed E-state index contributed by atoms with van der Waals surface area (Å²) < 4.78 is 1.66. The van der Waals surface area contributed by atoms with Gasteiger partial charge < -0.3 is 16.0 Å². The molecular formula is C19H28ClN5O2. The van der Waals surface area contributed by atoms with Crippen molar-refractivity contribution in [3.05, 3.63) is 47.8 Å². The molecule has 0 aliphatic heterocycles. The third-order valence-corrected chi connectivity index (χ3v) is 4.33. The average Bonchev–Trinajstić information content (AvgIpc) is 3.06. The van der Waals surface area contributed by atoms with Crippen LogP contribution in [0.1, 0.15) is 37.4 Å². The first kappa shape index (κ1) is 22.7. The van der Waals surface area contributed by atoms with Crippen molar-refractivity contribution < 1.29 is 9.59 Å². The van der Waals surface area contributed by atoms with Crippen molar-refractivity contribution in [1.29, 1.82) is 0 Å². The number of aromatic nitrogens is 2. The van der Waals surface area contributed by atoms with Gasteiger partial charge in [0.25, 0.3) is 0 Å². The fourth-order valence-electron chi connectivity index (χ4n) is 2.54. The zero-order valence-electron chi connectivity index (χ0n) is 16.2. The van der Waals surface area contributed by atoms with E-state index in [1.54, 1.807) is 17.9 Å². The Kier molecular flexibility index (Phi) is 8.97. The summed E-state index contributed by atoms with van der Waals surface area (Å²) >= 11 is 0. The summed E-state index contributed by atoms with van der Waals surface area (Å²) in [7, 11) is 3.55. The Morgan fingerprint density at radius 2 is 2.00 bits per heavy atom. The van der Waals surface area contributed by atoms with Crippen LogP contribution in [0.5, 0.6) is 0 Å². The summed E-state index contributed by atoms with van der Waals surface area (Å²) in [5, 5.41) is 12.9. The Morgan fingerprint density at radius 1 is 1.26 bits per heavy atom. The molecule has 2 atom stereocenters. The largest absolute Gasteiger partial charge is 0.350 e. The van der Waals surface area contributed by atoms with Gasteiger partial charge in [-0.15, -0.1) is 12.4 Å². The Hall–Kier alpha value is -2.38. The maximum atomic E-state index is 12.5. The van der Waals surface area contributed by atoms with E-state index in [4.69, 9.17) is 0 Å². The summed E-state index contributed by atoms with van der Waals surface area (Å²) in [6, 6.07) is 7.04. The zero-order valence-corrected chi connectivity index (χ0v) is 17.0. The Balaban J connectivity index is 0.00000364. The molecule has 0 saturated carbocycles. The SMILES string of the molecule is CCC(C)C(=O)Nc1cccc(CNC(=O)C(NC)c2cnn(C)c2)c1.Cl. The van der Waals surface area contributed by atoms with Crippen molar-refractivity contribution >= 4 is 29.9 Å². The molecule has 7 nitrogen and oxygen atoms in total. The van der Waals surface area contributed by atoms with Crippen LogP contribution in [0.3, 0.4) is 0 Å². The molecule has 8 heteroatoms. The smallest absolute Gasteiger partial charge is 0.242 e. The van der Waals surface area contributed by atoms with Gasteiger partial charge in [-0.25, -0.2) is 0 Å². The Bertz CT molecular complexity index is 762. The van der Waals surface area contributed by atoms with Gasteiger partial charge >= 0.3 is 0 Å². The predicted molar refractivity (Wildman–Crippen MR) is 109 cm³/mol. The molecule has 2 amide bonds. The van der Waals surface area contributed by atoms with Gasteiger partial charge in [-0.1, -0.05) is 26.0 Å². The van der Waals surface area contributed by atoms with Crippen LogP contribution in [0.2, 0.25) is 0 Å². The van der Waals surface area contributed by atoms with E-state index in [1.165, 1.54) is 0 Å². The van der Waals surface area contributed by atoms with Gasteiger partial charge in [0.15, 0.2) is 0 Å². The summed E-state index contributed by atoms with van der Waals surface area (Å²) in [6.07, 6.45) is 4.28. The third kappa shape index (κ3) is 6.37. The van der Waals surface area contributed by atoms with Crippen LogP contribution in [0.4, 0.5) is 5.69 Å². The predicted octanol–water partition coefficient (Wildman–Crippen LogP) is 2.40. The second-order valence-corrected chi connectivity index (χ2v) is 6.39. The van der Waals surface area contributed by atoms with E-state index >= 15 is 0 Å². The maximum absolute atomic E-state index is 12.5. The number of carbonyl (C=O) groups is 2. The monoisotopic (exact) mass is 393 g/mol. The first-order valence-corrected chi connectivity index (χ1v) is 8.78. The van der Waals surface area contributed by atoms with Gasteiger partial charge in [0, 0.05) is 37.0 Å². The number of rotatable bonds is 8. The van der Waals surface area contributed by atoms with E-state index in [-0.39, 0.29) is 30.1 Å². The van der Waals surface area contributed by atoms with Crippen LogP contribution in [0, 0.1) is 5.92 Å². The van der Waals surface area contributed by atoms with Crippen molar-refractivity contribution in [2.75, 3.05) is 12.4 Å². The number of likely N-dealkylation sites (N-methyl/N-ethyl adjacent to an activating group) is 1. The lowest BCUT2D eigenvalue weighted by atomic mass is 10.1. The number of anilines is 1. The van der Waals surface area contributed by atoms with Gasteiger partial charge in [0.05, 0.1) is 6.20 Å². The lowest BCUT2D eigenvalue weighted by Crippen LogP contribution is -2.35. The Labute approximate surface area is 166 Å². The van der Waals surface area contributed by atoms with Crippen LogP contribution in [0.25, 0.3) is 0 Å². The molecule has 2 aromatic rings. The molecule has 0 bridgehead atoms. The lowest BCUT2D eigenvalue weighted by molar-refractivity contribution is -0.123.